The summed E-state index contributed by atoms with van der Waals surface area (Å²) in [4.78, 5) is 25.4. The van der Waals surface area contributed by atoms with Gasteiger partial charge in [-0.1, -0.05) is 0 Å². The molecule has 0 radical (unpaired) electrons. The van der Waals surface area contributed by atoms with Gasteiger partial charge in [0, 0.05) is 25.9 Å². The van der Waals surface area contributed by atoms with E-state index in [0.717, 1.165) is 4.90 Å². The van der Waals surface area contributed by atoms with Crippen molar-refractivity contribution in [2.24, 2.45) is 7.05 Å². The van der Waals surface area contributed by atoms with Crippen LogP contribution in [-0.4, -0.2) is 21.6 Å². The standard InChI is InChI=1S/C14H16N4O2/c1-9-13(8-17(3)16-9)14(20)18(10(2)19)12-6-4-11(15)5-7-12/h4-8H,15H2,1-3H3. The van der Waals surface area contributed by atoms with Crippen LogP contribution >= 0.6 is 0 Å². The third-order valence-corrected chi connectivity index (χ3v) is 2.91. The topological polar surface area (TPSA) is 81.2 Å². The highest BCUT2D eigenvalue weighted by molar-refractivity contribution is 6.20. The van der Waals surface area contributed by atoms with Crippen LogP contribution in [0.1, 0.15) is 23.0 Å². The van der Waals surface area contributed by atoms with Gasteiger partial charge >= 0.3 is 0 Å². The van der Waals surface area contributed by atoms with E-state index in [1.54, 1.807) is 49.1 Å². The molecule has 0 aliphatic heterocycles. The second kappa shape index (κ2) is 5.16. The summed E-state index contributed by atoms with van der Waals surface area (Å²) in [5, 5.41) is 4.12. The summed E-state index contributed by atoms with van der Waals surface area (Å²) < 4.78 is 1.55. The van der Waals surface area contributed by atoms with E-state index in [2.05, 4.69) is 5.10 Å². The molecule has 0 bridgehead atoms. The highest BCUT2D eigenvalue weighted by Gasteiger charge is 2.24. The Balaban J connectivity index is 2.44. The minimum atomic E-state index is -0.395. The van der Waals surface area contributed by atoms with Gasteiger partial charge in [-0.15, -0.1) is 0 Å². The lowest BCUT2D eigenvalue weighted by Gasteiger charge is -2.19. The lowest BCUT2D eigenvalue weighted by Crippen LogP contribution is -2.35. The van der Waals surface area contributed by atoms with E-state index < -0.39 is 5.91 Å². The van der Waals surface area contributed by atoms with Crippen molar-refractivity contribution in [2.45, 2.75) is 13.8 Å². The number of carbonyl (C=O) groups excluding carboxylic acids is 2. The molecule has 0 aliphatic rings. The number of imide groups is 1. The normalized spacial score (nSPS) is 10.3. The van der Waals surface area contributed by atoms with Gasteiger partial charge < -0.3 is 5.73 Å². The molecule has 0 fully saturated rings. The van der Waals surface area contributed by atoms with Crippen LogP contribution in [0.2, 0.25) is 0 Å². The van der Waals surface area contributed by atoms with E-state index in [-0.39, 0.29) is 5.91 Å². The first-order chi connectivity index (χ1) is 9.40. The van der Waals surface area contributed by atoms with Gasteiger partial charge in [0.1, 0.15) is 0 Å². The fourth-order valence-corrected chi connectivity index (χ4v) is 2.00. The van der Waals surface area contributed by atoms with Crippen LogP contribution in [0.3, 0.4) is 0 Å². The number of anilines is 2. The predicted octanol–water partition coefficient (Wildman–Crippen LogP) is 1.50. The average molecular weight is 272 g/mol. The Morgan fingerprint density at radius 1 is 1.25 bits per heavy atom. The van der Waals surface area contributed by atoms with E-state index in [1.165, 1.54) is 6.92 Å². The molecule has 2 N–H and O–H groups in total. The number of carbonyl (C=O) groups is 2. The summed E-state index contributed by atoms with van der Waals surface area (Å²) in [6.45, 7) is 3.08. The highest BCUT2D eigenvalue weighted by atomic mass is 16.2. The number of amides is 2. The zero-order valence-corrected chi connectivity index (χ0v) is 11.6. The van der Waals surface area contributed by atoms with Crippen molar-refractivity contribution < 1.29 is 9.59 Å². The predicted molar refractivity (Wildman–Crippen MR) is 76.3 cm³/mol. The molecule has 1 aromatic heterocycles. The Bertz CT molecular complexity index is 658. The van der Waals surface area contributed by atoms with Gasteiger partial charge in [0.25, 0.3) is 5.91 Å². The molecule has 6 heteroatoms. The Morgan fingerprint density at radius 2 is 1.85 bits per heavy atom. The van der Waals surface area contributed by atoms with E-state index in [9.17, 15) is 9.59 Å². The van der Waals surface area contributed by atoms with Crippen LogP contribution in [0.4, 0.5) is 11.4 Å². The maximum Gasteiger partial charge on any atom is 0.268 e. The number of benzene rings is 1. The number of nitrogens with two attached hydrogens (primary N) is 1. The molecule has 0 atom stereocenters. The molecule has 0 spiro atoms. The zero-order chi connectivity index (χ0) is 14.9. The summed E-state index contributed by atoms with van der Waals surface area (Å²) in [5.41, 5.74) is 7.66. The second-order valence-corrected chi connectivity index (χ2v) is 4.55. The van der Waals surface area contributed by atoms with Crippen LogP contribution in [0.25, 0.3) is 0 Å². The van der Waals surface area contributed by atoms with Gasteiger partial charge in [0.2, 0.25) is 5.91 Å². The number of aryl methyl sites for hydroxylation is 2. The second-order valence-electron chi connectivity index (χ2n) is 4.55. The maximum atomic E-state index is 12.5. The number of hydrogen-bond acceptors (Lipinski definition) is 4. The minimum absolute atomic E-state index is 0.358. The van der Waals surface area contributed by atoms with Crippen LogP contribution < -0.4 is 10.6 Å². The molecule has 2 rings (SSSR count). The number of nitrogens with zero attached hydrogens (tertiary/aromatic N) is 3. The van der Waals surface area contributed by atoms with E-state index >= 15 is 0 Å². The van der Waals surface area contributed by atoms with E-state index in [1.807, 2.05) is 0 Å². The van der Waals surface area contributed by atoms with Gasteiger partial charge in [-0.25, -0.2) is 4.90 Å². The van der Waals surface area contributed by atoms with Crippen molar-refractivity contribution in [2.75, 3.05) is 10.6 Å². The van der Waals surface area contributed by atoms with Crippen LogP contribution in [0.15, 0.2) is 30.5 Å². The fourth-order valence-electron chi connectivity index (χ4n) is 2.00. The summed E-state index contributed by atoms with van der Waals surface area (Å²) in [7, 11) is 1.73. The molecular weight excluding hydrogens is 256 g/mol. The Labute approximate surface area is 116 Å². The SMILES string of the molecule is CC(=O)N(C(=O)c1cn(C)nc1C)c1ccc(N)cc1. The molecule has 0 aliphatic carbocycles. The third kappa shape index (κ3) is 2.54. The van der Waals surface area contributed by atoms with E-state index in [4.69, 9.17) is 5.73 Å². The molecule has 6 nitrogen and oxygen atoms in total. The number of hydrogen-bond donors (Lipinski definition) is 1. The fraction of sp³-hybridized carbons (Fsp3) is 0.214. The number of aromatic nitrogens is 2. The quantitative estimate of drug-likeness (QED) is 0.840. The maximum absolute atomic E-state index is 12.5. The van der Waals surface area contributed by atoms with Crippen molar-refractivity contribution in [1.29, 1.82) is 0 Å². The summed E-state index contributed by atoms with van der Waals surface area (Å²) in [5.74, 6) is -0.754. The molecule has 20 heavy (non-hydrogen) atoms. The average Bonchev–Trinajstić information content (AvgIpc) is 2.70. The molecule has 1 heterocycles. The number of rotatable bonds is 2. The molecule has 104 valence electrons. The molecule has 0 saturated heterocycles. The van der Waals surface area contributed by atoms with Gasteiger partial charge in [-0.3, -0.25) is 14.3 Å². The van der Waals surface area contributed by atoms with Gasteiger partial charge in [-0.2, -0.15) is 5.10 Å². The molecule has 2 amide bonds. The lowest BCUT2D eigenvalue weighted by atomic mass is 10.2. The third-order valence-electron chi connectivity index (χ3n) is 2.91. The van der Waals surface area contributed by atoms with Gasteiger partial charge in [0.15, 0.2) is 0 Å². The molecule has 0 saturated carbocycles. The van der Waals surface area contributed by atoms with Crippen LogP contribution in [-0.2, 0) is 11.8 Å². The van der Waals surface area contributed by atoms with Crippen LogP contribution in [0.5, 0.6) is 0 Å². The molecule has 1 aromatic carbocycles. The highest BCUT2D eigenvalue weighted by Crippen LogP contribution is 2.20. The first kappa shape index (κ1) is 13.8. The summed E-state index contributed by atoms with van der Waals surface area (Å²) >= 11 is 0. The molecule has 2 aromatic rings. The van der Waals surface area contributed by atoms with Gasteiger partial charge in [0.05, 0.1) is 16.9 Å². The largest absolute Gasteiger partial charge is 0.399 e. The molecular formula is C14H16N4O2. The monoisotopic (exact) mass is 272 g/mol. The first-order valence-corrected chi connectivity index (χ1v) is 6.11. The first-order valence-electron chi connectivity index (χ1n) is 6.11. The Morgan fingerprint density at radius 3 is 2.30 bits per heavy atom. The zero-order valence-electron chi connectivity index (χ0n) is 11.6. The summed E-state index contributed by atoms with van der Waals surface area (Å²) in [6, 6.07) is 6.57. The van der Waals surface area contributed by atoms with E-state index in [0.29, 0.717) is 22.6 Å². The number of nitrogen functional groups attached to an aromatic ring is 1. The van der Waals surface area contributed by atoms with Crippen molar-refractivity contribution >= 4 is 23.2 Å². The van der Waals surface area contributed by atoms with Crippen LogP contribution in [0, 0.1) is 6.92 Å². The van der Waals surface area contributed by atoms with Gasteiger partial charge in [-0.05, 0) is 31.2 Å². The van der Waals surface area contributed by atoms with Crippen molar-refractivity contribution in [3.8, 4) is 0 Å². The Hall–Kier alpha value is -2.63. The molecule has 0 unspecified atom stereocenters. The smallest absolute Gasteiger partial charge is 0.268 e. The van der Waals surface area contributed by atoms with Crippen molar-refractivity contribution in [3.05, 3.63) is 41.7 Å². The summed E-state index contributed by atoms with van der Waals surface area (Å²) in [6.07, 6.45) is 1.60. The lowest BCUT2D eigenvalue weighted by molar-refractivity contribution is -0.115. The van der Waals surface area contributed by atoms with Crippen molar-refractivity contribution in [1.82, 2.24) is 9.78 Å². The Kier molecular flexibility index (Phi) is 3.56. The minimum Gasteiger partial charge on any atom is -0.399 e. The van der Waals surface area contributed by atoms with Crippen molar-refractivity contribution in [3.63, 3.8) is 0 Å².